The summed E-state index contributed by atoms with van der Waals surface area (Å²) < 4.78 is 5.49. The molecule has 0 bridgehead atoms. The van der Waals surface area contributed by atoms with Crippen molar-refractivity contribution in [1.82, 2.24) is 20.1 Å². The predicted octanol–water partition coefficient (Wildman–Crippen LogP) is 3.41. The van der Waals surface area contributed by atoms with Gasteiger partial charge in [-0.3, -0.25) is 4.79 Å². The number of aliphatic hydroxyl groups is 1. The lowest BCUT2D eigenvalue weighted by Crippen LogP contribution is -2.31. The fourth-order valence-corrected chi connectivity index (χ4v) is 4.89. The molecule has 0 radical (unpaired) electrons. The van der Waals surface area contributed by atoms with Crippen molar-refractivity contribution in [2.45, 2.75) is 64.0 Å². The van der Waals surface area contributed by atoms with Gasteiger partial charge in [0.15, 0.2) is 11.5 Å². The third-order valence-corrected chi connectivity index (χ3v) is 6.57. The van der Waals surface area contributed by atoms with Gasteiger partial charge in [0.25, 0.3) is 0 Å². The number of carbonyl (C=O) groups is 1. The number of carbonyl (C=O) groups excluding carboxylic acids is 1. The third-order valence-electron chi connectivity index (χ3n) is 6.57. The van der Waals surface area contributed by atoms with Gasteiger partial charge in [-0.15, -0.1) is 0 Å². The fraction of sp³-hybridized carbons (Fsp3) is 0.545. The van der Waals surface area contributed by atoms with Gasteiger partial charge in [0.05, 0.1) is 18.0 Å². The monoisotopic (exact) mass is 409 g/mol. The van der Waals surface area contributed by atoms with Crippen LogP contribution < -0.4 is 4.90 Å². The van der Waals surface area contributed by atoms with E-state index >= 15 is 0 Å². The molecular formula is C22H27N5O3. The first-order chi connectivity index (χ1) is 14.7. The van der Waals surface area contributed by atoms with Crippen molar-refractivity contribution in [3.05, 3.63) is 35.6 Å². The van der Waals surface area contributed by atoms with Crippen molar-refractivity contribution in [2.75, 3.05) is 11.4 Å². The Morgan fingerprint density at radius 1 is 1.33 bits per heavy atom. The zero-order valence-electron chi connectivity index (χ0n) is 17.0. The number of Topliss-reactive ketones (excluding diaryl/α,β-unsaturated/α-hetero) is 1. The van der Waals surface area contributed by atoms with E-state index in [0.717, 1.165) is 47.6 Å². The molecule has 1 atom stereocenters. The summed E-state index contributed by atoms with van der Waals surface area (Å²) in [6.45, 7) is 1.29. The molecule has 8 nitrogen and oxygen atoms in total. The number of hydrogen-bond donors (Lipinski definition) is 2. The summed E-state index contributed by atoms with van der Waals surface area (Å²) in [7, 11) is 0. The van der Waals surface area contributed by atoms with Crippen LogP contribution in [0.15, 0.2) is 23.1 Å². The van der Waals surface area contributed by atoms with Gasteiger partial charge in [-0.05, 0) is 37.7 Å². The van der Waals surface area contributed by atoms with E-state index in [2.05, 4.69) is 25.0 Å². The number of nitrogens with zero attached hydrogens (tertiary/aromatic N) is 4. The quantitative estimate of drug-likeness (QED) is 0.576. The van der Waals surface area contributed by atoms with Gasteiger partial charge < -0.3 is 19.5 Å². The van der Waals surface area contributed by atoms with Gasteiger partial charge in [0, 0.05) is 31.1 Å². The first kappa shape index (κ1) is 19.2. The number of hydrogen-bond acceptors (Lipinski definition) is 7. The van der Waals surface area contributed by atoms with Crippen molar-refractivity contribution < 1.29 is 14.4 Å². The molecule has 8 heteroatoms. The molecule has 1 saturated carbocycles. The summed E-state index contributed by atoms with van der Waals surface area (Å²) in [5.41, 5.74) is 2.10. The Morgan fingerprint density at radius 3 is 3.07 bits per heavy atom. The van der Waals surface area contributed by atoms with Gasteiger partial charge in [-0.1, -0.05) is 18.0 Å². The minimum absolute atomic E-state index is 0.00468. The Kier molecular flexibility index (Phi) is 5.25. The summed E-state index contributed by atoms with van der Waals surface area (Å²) in [4.78, 5) is 26.8. The standard InChI is InChI=1S/C22H27N5O3/c28-17(14-4-1-2-5-14)6-3-7-18(29)20-16-12-27(11-9-19(16)30-26-20)22-15-8-10-23-21(15)24-13-25-22/h8,10,13-14,17,28H,1-7,9,11-12H2,(H,23,24,25). The molecule has 1 aliphatic heterocycles. The van der Waals surface area contributed by atoms with Gasteiger partial charge in [0.2, 0.25) is 0 Å². The van der Waals surface area contributed by atoms with Crippen LogP contribution in [-0.2, 0) is 13.0 Å². The Hall–Kier alpha value is -2.74. The van der Waals surface area contributed by atoms with E-state index < -0.39 is 0 Å². The highest BCUT2D eigenvalue weighted by Gasteiger charge is 2.29. The molecule has 0 amide bonds. The number of fused-ring (bicyclic) bond motifs is 2. The number of aromatic nitrogens is 4. The minimum Gasteiger partial charge on any atom is -0.393 e. The van der Waals surface area contributed by atoms with Gasteiger partial charge >= 0.3 is 0 Å². The molecule has 30 heavy (non-hydrogen) atoms. The normalized spacial score (nSPS) is 18.1. The third kappa shape index (κ3) is 3.60. The van der Waals surface area contributed by atoms with Crippen molar-refractivity contribution in [3.8, 4) is 0 Å². The van der Waals surface area contributed by atoms with Crippen LogP contribution in [0.5, 0.6) is 0 Å². The average molecular weight is 409 g/mol. The van der Waals surface area contributed by atoms with Crippen molar-refractivity contribution in [1.29, 1.82) is 0 Å². The molecule has 1 unspecified atom stereocenters. The van der Waals surface area contributed by atoms with Crippen molar-refractivity contribution >= 4 is 22.6 Å². The molecule has 2 N–H and O–H groups in total. The predicted molar refractivity (Wildman–Crippen MR) is 111 cm³/mol. The smallest absolute Gasteiger partial charge is 0.185 e. The molecule has 0 aromatic carbocycles. The molecule has 158 valence electrons. The van der Waals surface area contributed by atoms with Gasteiger partial charge in [0.1, 0.15) is 23.6 Å². The Labute approximate surface area is 174 Å². The number of rotatable bonds is 7. The van der Waals surface area contributed by atoms with E-state index in [0.29, 0.717) is 43.8 Å². The highest BCUT2D eigenvalue weighted by atomic mass is 16.5. The molecule has 3 aromatic rings. The second kappa shape index (κ2) is 8.18. The molecule has 5 rings (SSSR count). The Bertz CT molecular complexity index is 1040. The molecule has 1 fully saturated rings. The van der Waals surface area contributed by atoms with E-state index in [-0.39, 0.29) is 11.9 Å². The number of ketones is 1. The van der Waals surface area contributed by atoms with Gasteiger partial charge in [-0.2, -0.15) is 0 Å². The Balaban J connectivity index is 1.26. The summed E-state index contributed by atoms with van der Waals surface area (Å²) in [6.07, 6.45) is 10.2. The van der Waals surface area contributed by atoms with Crippen molar-refractivity contribution in [2.24, 2.45) is 5.92 Å². The molecule has 1 aliphatic carbocycles. The fourth-order valence-electron chi connectivity index (χ4n) is 4.89. The molecule has 2 aliphatic rings. The van der Waals surface area contributed by atoms with E-state index in [1.54, 1.807) is 6.33 Å². The maximum Gasteiger partial charge on any atom is 0.185 e. The van der Waals surface area contributed by atoms with Gasteiger partial charge in [-0.25, -0.2) is 9.97 Å². The van der Waals surface area contributed by atoms with Crippen LogP contribution >= 0.6 is 0 Å². The number of nitrogens with one attached hydrogen (secondary N) is 1. The zero-order valence-corrected chi connectivity index (χ0v) is 17.0. The van der Waals surface area contributed by atoms with Crippen molar-refractivity contribution in [3.63, 3.8) is 0 Å². The molecule has 3 aromatic heterocycles. The average Bonchev–Trinajstić information content (AvgIpc) is 3.53. The molecular weight excluding hydrogens is 382 g/mol. The molecule has 0 saturated heterocycles. The summed E-state index contributed by atoms with van der Waals surface area (Å²) in [6, 6.07) is 1.97. The number of H-pyrrole nitrogens is 1. The van der Waals surface area contributed by atoms with Crippen LogP contribution in [0.3, 0.4) is 0 Å². The molecule has 4 heterocycles. The van der Waals surface area contributed by atoms with E-state index in [4.69, 9.17) is 4.52 Å². The van der Waals surface area contributed by atoms with E-state index in [1.165, 1.54) is 12.8 Å². The summed E-state index contributed by atoms with van der Waals surface area (Å²) >= 11 is 0. The second-order valence-corrected chi connectivity index (χ2v) is 8.47. The lowest BCUT2D eigenvalue weighted by Gasteiger charge is -2.27. The second-order valence-electron chi connectivity index (χ2n) is 8.47. The highest BCUT2D eigenvalue weighted by molar-refractivity contribution is 5.96. The maximum atomic E-state index is 12.8. The SMILES string of the molecule is O=C(CCCC(O)C1CCCC1)c1noc2c1CN(c1ncnc3[nH]ccc13)CC2. The summed E-state index contributed by atoms with van der Waals surface area (Å²) in [5.74, 6) is 2.05. The van der Waals surface area contributed by atoms with Crippen LogP contribution in [0.1, 0.15) is 66.8 Å². The largest absolute Gasteiger partial charge is 0.393 e. The summed E-state index contributed by atoms with van der Waals surface area (Å²) in [5, 5.41) is 15.4. The van der Waals surface area contributed by atoms with Crippen LogP contribution in [0.25, 0.3) is 11.0 Å². The zero-order chi connectivity index (χ0) is 20.5. The lowest BCUT2D eigenvalue weighted by atomic mass is 9.95. The Morgan fingerprint density at radius 2 is 2.20 bits per heavy atom. The number of aromatic amines is 1. The first-order valence-electron chi connectivity index (χ1n) is 10.9. The highest BCUT2D eigenvalue weighted by Crippen LogP contribution is 2.31. The van der Waals surface area contributed by atoms with Crippen LogP contribution in [0.4, 0.5) is 5.82 Å². The molecule has 0 spiro atoms. The van der Waals surface area contributed by atoms with E-state index in [9.17, 15) is 9.90 Å². The first-order valence-corrected chi connectivity index (χ1v) is 10.9. The van der Waals surface area contributed by atoms with Crippen LogP contribution in [0, 0.1) is 5.92 Å². The lowest BCUT2D eigenvalue weighted by molar-refractivity contribution is 0.0898. The topological polar surface area (TPSA) is 108 Å². The number of aliphatic hydroxyl groups excluding tert-OH is 1. The minimum atomic E-state index is -0.288. The van der Waals surface area contributed by atoms with Crippen LogP contribution in [-0.4, -0.2) is 43.6 Å². The number of anilines is 1. The van der Waals surface area contributed by atoms with Crippen LogP contribution in [0.2, 0.25) is 0 Å². The van der Waals surface area contributed by atoms with E-state index in [1.807, 2.05) is 12.3 Å². The maximum absolute atomic E-state index is 12.8.